The summed E-state index contributed by atoms with van der Waals surface area (Å²) >= 11 is 0. The van der Waals surface area contributed by atoms with E-state index in [2.05, 4.69) is 31.7 Å². The lowest BCUT2D eigenvalue weighted by molar-refractivity contribution is 0.522. The summed E-state index contributed by atoms with van der Waals surface area (Å²) in [5.74, 6) is 0. The van der Waals surface area contributed by atoms with E-state index in [0.29, 0.717) is 0 Å². The molecule has 0 rings (SSSR count). The molecule has 0 aliphatic rings. The lowest BCUT2D eigenvalue weighted by atomic mass is 10.0. The number of hydrogen-bond acceptors (Lipinski definition) is 0. The minimum Gasteiger partial charge on any atom is -0.103 e. The minimum absolute atomic E-state index is 1.21. The van der Waals surface area contributed by atoms with Gasteiger partial charge in [-0.3, -0.25) is 0 Å². The Balaban J connectivity index is 3.05. The van der Waals surface area contributed by atoms with Crippen LogP contribution < -0.4 is 0 Å². The molecule has 0 fully saturated rings. The number of allylic oxidation sites excluding steroid dienone is 3. The molecule has 0 aromatic rings. The van der Waals surface area contributed by atoms with E-state index in [-0.39, 0.29) is 0 Å². The Morgan fingerprint density at radius 2 is 0.576 bits per heavy atom. The van der Waals surface area contributed by atoms with Gasteiger partial charge in [-0.15, -0.1) is 6.58 Å². The van der Waals surface area contributed by atoms with E-state index in [1.165, 1.54) is 180 Å². The molecule has 0 unspecified atom stereocenters. The summed E-state index contributed by atoms with van der Waals surface area (Å²) in [6.45, 7) is 6.09. The molecule has 0 heterocycles. The zero-order valence-electron chi connectivity index (χ0n) is 23.2. The maximum Gasteiger partial charge on any atom is -0.0351 e. The predicted molar refractivity (Wildman–Crippen MR) is 154 cm³/mol. The van der Waals surface area contributed by atoms with Gasteiger partial charge in [0.1, 0.15) is 0 Å². The molecule has 0 aliphatic carbocycles. The second-order valence-corrected chi connectivity index (χ2v) is 10.6. The molecule has 0 bridgehead atoms. The van der Waals surface area contributed by atoms with Crippen LogP contribution in [0.1, 0.15) is 187 Å². The van der Waals surface area contributed by atoms with Gasteiger partial charge in [0.25, 0.3) is 0 Å². The Morgan fingerprint density at radius 3 is 0.848 bits per heavy atom. The summed E-state index contributed by atoms with van der Waals surface area (Å²) in [5.41, 5.74) is 0. The van der Waals surface area contributed by atoms with Crippen molar-refractivity contribution in [3.63, 3.8) is 0 Å². The van der Waals surface area contributed by atoms with Crippen LogP contribution in [0, 0.1) is 0 Å². The van der Waals surface area contributed by atoms with Gasteiger partial charge in [0.2, 0.25) is 0 Å². The first-order chi connectivity index (χ1) is 16.4. The summed E-state index contributed by atoms with van der Waals surface area (Å²) < 4.78 is 0. The molecule has 0 aromatic heterocycles. The molecule has 33 heavy (non-hydrogen) atoms. The van der Waals surface area contributed by atoms with E-state index in [9.17, 15) is 0 Å². The average molecular weight is 461 g/mol. The maximum absolute atomic E-state index is 3.80. The fourth-order valence-electron chi connectivity index (χ4n) is 4.83. The number of hydrogen-bond donors (Lipinski definition) is 0. The number of rotatable bonds is 29. The van der Waals surface area contributed by atoms with Crippen LogP contribution in [0.2, 0.25) is 0 Å². The van der Waals surface area contributed by atoms with Gasteiger partial charge in [0.05, 0.1) is 0 Å². The molecule has 0 nitrogen and oxygen atoms in total. The van der Waals surface area contributed by atoms with Crippen molar-refractivity contribution in [2.45, 2.75) is 187 Å². The highest BCUT2D eigenvalue weighted by Gasteiger charge is 1.95. The highest BCUT2D eigenvalue weighted by molar-refractivity contribution is 4.81. The van der Waals surface area contributed by atoms with Crippen molar-refractivity contribution in [3.05, 3.63) is 24.8 Å². The van der Waals surface area contributed by atoms with Gasteiger partial charge in [-0.25, -0.2) is 0 Å². The van der Waals surface area contributed by atoms with E-state index in [4.69, 9.17) is 0 Å². The molecule has 0 spiro atoms. The molecule has 0 N–H and O–H groups in total. The highest BCUT2D eigenvalue weighted by Crippen LogP contribution is 2.15. The van der Waals surface area contributed by atoms with Crippen LogP contribution in [0.4, 0.5) is 0 Å². The lowest BCUT2D eigenvalue weighted by Gasteiger charge is -2.04. The maximum atomic E-state index is 3.80. The third-order valence-corrected chi connectivity index (χ3v) is 7.17. The van der Waals surface area contributed by atoms with E-state index in [1.54, 1.807) is 0 Å². The van der Waals surface area contributed by atoms with Crippen LogP contribution in [-0.2, 0) is 0 Å². The van der Waals surface area contributed by atoms with Gasteiger partial charge >= 0.3 is 0 Å². The van der Waals surface area contributed by atoms with Gasteiger partial charge in [0.15, 0.2) is 0 Å². The summed E-state index contributed by atoms with van der Waals surface area (Å²) in [6, 6.07) is 0. The van der Waals surface area contributed by atoms with Gasteiger partial charge in [0, 0.05) is 0 Å². The van der Waals surface area contributed by atoms with E-state index in [1.807, 2.05) is 0 Å². The first-order valence-electron chi connectivity index (χ1n) is 15.7. The van der Waals surface area contributed by atoms with Crippen molar-refractivity contribution in [3.8, 4) is 0 Å². The second kappa shape index (κ2) is 31.5. The Kier molecular flexibility index (Phi) is 31.0. The van der Waals surface area contributed by atoms with E-state index in [0.717, 1.165) is 0 Å². The van der Waals surface area contributed by atoms with Crippen LogP contribution in [0.25, 0.3) is 0 Å². The van der Waals surface area contributed by atoms with Crippen LogP contribution in [0.5, 0.6) is 0 Å². The first-order valence-corrected chi connectivity index (χ1v) is 15.7. The van der Waals surface area contributed by atoms with Crippen LogP contribution in [-0.4, -0.2) is 0 Å². The quantitative estimate of drug-likeness (QED) is 0.0768. The topological polar surface area (TPSA) is 0 Å². The molecular formula is C33H64. The van der Waals surface area contributed by atoms with Crippen molar-refractivity contribution >= 4 is 0 Å². The molecule has 0 radical (unpaired) electrons. The molecule has 0 aromatic carbocycles. The molecule has 0 saturated carbocycles. The Labute approximate surface area is 211 Å². The lowest BCUT2D eigenvalue weighted by Crippen LogP contribution is -1.84. The zero-order valence-corrected chi connectivity index (χ0v) is 23.2. The molecule has 0 heteroatoms. The first kappa shape index (κ1) is 32.5. The van der Waals surface area contributed by atoms with Crippen molar-refractivity contribution in [2.24, 2.45) is 0 Å². The van der Waals surface area contributed by atoms with Crippen LogP contribution in [0.15, 0.2) is 24.8 Å². The van der Waals surface area contributed by atoms with Crippen molar-refractivity contribution in [2.75, 3.05) is 0 Å². The Hall–Kier alpha value is -0.520. The van der Waals surface area contributed by atoms with Gasteiger partial charge in [-0.1, -0.05) is 166 Å². The summed E-state index contributed by atoms with van der Waals surface area (Å²) in [6.07, 6.45) is 46.9. The molecule has 0 atom stereocenters. The molecule has 0 aliphatic heterocycles. The molecule has 196 valence electrons. The van der Waals surface area contributed by atoms with Gasteiger partial charge in [-0.2, -0.15) is 0 Å². The fraction of sp³-hybridized carbons (Fsp3) is 0.879. The predicted octanol–water partition coefficient (Wildman–Crippen LogP) is 12.7. The summed E-state index contributed by atoms with van der Waals surface area (Å²) in [4.78, 5) is 0. The summed E-state index contributed by atoms with van der Waals surface area (Å²) in [7, 11) is 0. The second-order valence-electron chi connectivity index (χ2n) is 10.6. The largest absolute Gasteiger partial charge is 0.103 e. The van der Waals surface area contributed by atoms with Crippen LogP contribution >= 0.6 is 0 Å². The Morgan fingerprint density at radius 1 is 0.333 bits per heavy atom. The van der Waals surface area contributed by atoms with Gasteiger partial charge in [-0.05, 0) is 38.5 Å². The minimum atomic E-state index is 1.21. The SMILES string of the molecule is C=CCCCCCCCCCCCCCCCCCCCCC/C=C/CCCCCCCC. The van der Waals surface area contributed by atoms with E-state index < -0.39 is 0 Å². The summed E-state index contributed by atoms with van der Waals surface area (Å²) in [5, 5.41) is 0. The Bertz CT molecular complexity index is 366. The molecule has 0 amide bonds. The van der Waals surface area contributed by atoms with Crippen LogP contribution in [0.3, 0.4) is 0 Å². The monoisotopic (exact) mass is 461 g/mol. The van der Waals surface area contributed by atoms with Crippen molar-refractivity contribution < 1.29 is 0 Å². The van der Waals surface area contributed by atoms with Crippen molar-refractivity contribution in [1.82, 2.24) is 0 Å². The number of unbranched alkanes of at least 4 members (excludes halogenated alkanes) is 26. The smallest absolute Gasteiger partial charge is 0.0351 e. The fourth-order valence-corrected chi connectivity index (χ4v) is 4.83. The highest BCUT2D eigenvalue weighted by atomic mass is 14.0. The standard InChI is InChI=1S/C33H64/c1-3-5-7-9-11-13-15-17-19-21-23-25-27-29-31-33-32-30-28-26-24-22-20-18-16-14-12-10-8-6-4-2/h3,18,20H,1,4-17,19,21-33H2,2H3/b20-18+. The normalized spacial score (nSPS) is 11.5. The molecular weight excluding hydrogens is 396 g/mol. The zero-order chi connectivity index (χ0) is 23.9. The third-order valence-electron chi connectivity index (χ3n) is 7.17. The van der Waals surface area contributed by atoms with Crippen molar-refractivity contribution in [1.29, 1.82) is 0 Å². The molecule has 0 saturated heterocycles. The average Bonchev–Trinajstić information content (AvgIpc) is 2.83. The van der Waals surface area contributed by atoms with Gasteiger partial charge < -0.3 is 0 Å². The third kappa shape index (κ3) is 31.5. The van der Waals surface area contributed by atoms with E-state index >= 15 is 0 Å².